The molecule has 0 radical (unpaired) electrons. The first-order valence-corrected chi connectivity index (χ1v) is 9.10. The van der Waals surface area contributed by atoms with Crippen molar-refractivity contribution >= 4 is 33.6 Å². The third-order valence-corrected chi connectivity index (χ3v) is 5.14. The molecule has 126 valence electrons. The Labute approximate surface area is 142 Å². The van der Waals surface area contributed by atoms with Crippen molar-refractivity contribution in [1.29, 1.82) is 0 Å². The third-order valence-electron chi connectivity index (χ3n) is 3.18. The number of alkyl halides is 3. The largest absolute Gasteiger partial charge is 0.477 e. The van der Waals surface area contributed by atoms with Crippen LogP contribution in [0, 0.1) is 0 Å². The molecular formula is C15H12F3N3OS2. The van der Waals surface area contributed by atoms with Crippen molar-refractivity contribution in [3.05, 3.63) is 36.5 Å². The van der Waals surface area contributed by atoms with Crippen molar-refractivity contribution in [1.82, 2.24) is 15.0 Å². The van der Waals surface area contributed by atoms with Gasteiger partial charge in [0.2, 0.25) is 0 Å². The van der Waals surface area contributed by atoms with E-state index in [0.717, 1.165) is 16.7 Å². The second-order valence-electron chi connectivity index (χ2n) is 4.77. The molecule has 3 aromatic heterocycles. The van der Waals surface area contributed by atoms with Gasteiger partial charge in [-0.15, -0.1) is 11.8 Å². The van der Waals surface area contributed by atoms with Gasteiger partial charge in [-0.2, -0.15) is 13.2 Å². The molecule has 0 fully saturated rings. The Hall–Kier alpha value is -1.87. The van der Waals surface area contributed by atoms with E-state index in [9.17, 15) is 17.4 Å². The Morgan fingerprint density at radius 1 is 1.29 bits per heavy atom. The highest BCUT2D eigenvalue weighted by Gasteiger charge is 2.39. The first-order valence-electron chi connectivity index (χ1n) is 6.96. The van der Waals surface area contributed by atoms with Crippen LogP contribution in [-0.4, -0.2) is 30.4 Å². The number of aromatic amines is 1. The summed E-state index contributed by atoms with van der Waals surface area (Å²) in [6, 6.07) is 8.12. The first kappa shape index (κ1) is 17.0. The molecule has 1 atom stereocenters. The fraction of sp³-hybridized carbons (Fsp3) is 0.200. The molecule has 0 aromatic carbocycles. The van der Waals surface area contributed by atoms with Crippen LogP contribution < -0.4 is 0 Å². The Morgan fingerprint density at radius 3 is 2.79 bits per heavy atom. The van der Waals surface area contributed by atoms with Crippen LogP contribution in [0.1, 0.15) is 6.92 Å². The number of halogens is 3. The van der Waals surface area contributed by atoms with E-state index in [0.29, 0.717) is 16.8 Å². The smallest absolute Gasteiger partial charge is 0.338 e. The first-order chi connectivity index (χ1) is 11.4. The summed E-state index contributed by atoms with van der Waals surface area (Å²) in [5.41, 5.74) is -3.22. The van der Waals surface area contributed by atoms with E-state index < -0.39 is 21.3 Å². The van der Waals surface area contributed by atoms with E-state index in [2.05, 4.69) is 15.0 Å². The molecule has 1 unspecified atom stereocenters. The van der Waals surface area contributed by atoms with Gasteiger partial charge in [0.25, 0.3) is 0 Å². The van der Waals surface area contributed by atoms with Gasteiger partial charge in [0, 0.05) is 16.5 Å². The molecule has 0 aliphatic heterocycles. The predicted molar refractivity (Wildman–Crippen MR) is 88.2 cm³/mol. The van der Waals surface area contributed by atoms with E-state index in [1.807, 2.05) is 19.1 Å². The van der Waals surface area contributed by atoms with Crippen LogP contribution in [0.5, 0.6) is 0 Å². The van der Waals surface area contributed by atoms with Crippen molar-refractivity contribution in [2.24, 2.45) is 0 Å². The number of pyridine rings is 2. The molecule has 0 amide bonds. The molecule has 24 heavy (non-hydrogen) atoms. The molecule has 9 heteroatoms. The zero-order chi connectivity index (χ0) is 17.3. The molecule has 0 aliphatic rings. The third kappa shape index (κ3) is 3.32. The van der Waals surface area contributed by atoms with Gasteiger partial charge < -0.3 is 4.98 Å². The number of fused-ring (bicyclic) bond motifs is 1. The fourth-order valence-corrected chi connectivity index (χ4v) is 3.59. The number of H-pyrrole nitrogens is 1. The molecule has 0 aliphatic carbocycles. The maximum absolute atomic E-state index is 12.6. The Balaban J connectivity index is 2.05. The van der Waals surface area contributed by atoms with Crippen molar-refractivity contribution in [3.63, 3.8) is 0 Å². The van der Waals surface area contributed by atoms with Crippen molar-refractivity contribution < 1.29 is 17.4 Å². The second-order valence-corrected chi connectivity index (χ2v) is 7.49. The van der Waals surface area contributed by atoms with Crippen LogP contribution in [0.4, 0.5) is 13.2 Å². The van der Waals surface area contributed by atoms with Gasteiger partial charge >= 0.3 is 5.51 Å². The maximum Gasteiger partial charge on any atom is 0.477 e. The average molecular weight is 371 g/mol. The summed E-state index contributed by atoms with van der Waals surface area (Å²) in [7, 11) is -3.15. The van der Waals surface area contributed by atoms with E-state index >= 15 is 0 Å². The number of hydrogen-bond donors (Lipinski definition) is 1. The van der Waals surface area contributed by atoms with Gasteiger partial charge in [-0.1, -0.05) is 6.92 Å². The Morgan fingerprint density at radius 2 is 2.08 bits per heavy atom. The van der Waals surface area contributed by atoms with Gasteiger partial charge in [0.05, 0.1) is 5.69 Å². The number of nitrogens with one attached hydrogen (secondary N) is 1. The van der Waals surface area contributed by atoms with Crippen molar-refractivity contribution in [2.75, 3.05) is 5.75 Å². The predicted octanol–water partition coefficient (Wildman–Crippen LogP) is 4.36. The lowest BCUT2D eigenvalue weighted by Crippen LogP contribution is -2.17. The zero-order valence-electron chi connectivity index (χ0n) is 12.4. The summed E-state index contributed by atoms with van der Waals surface area (Å²) < 4.78 is 49.2. The van der Waals surface area contributed by atoms with Gasteiger partial charge in [0.1, 0.15) is 16.4 Å². The van der Waals surface area contributed by atoms with Gasteiger partial charge in [0.15, 0.2) is 10.8 Å². The molecular weight excluding hydrogens is 359 g/mol. The topological polar surface area (TPSA) is 58.6 Å². The van der Waals surface area contributed by atoms with E-state index in [-0.39, 0.29) is 5.65 Å². The summed E-state index contributed by atoms with van der Waals surface area (Å²) in [6.45, 7) is 2.02. The number of thioether (sulfide) groups is 1. The molecule has 3 heterocycles. The SMILES string of the molecule is CCSc1cccnc1-c1cc2ccc(S(=O)C(F)(F)F)nc2[nH]1. The average Bonchev–Trinajstić information content (AvgIpc) is 2.97. The number of aromatic nitrogens is 3. The zero-order valence-corrected chi connectivity index (χ0v) is 14.1. The Bertz CT molecular complexity index is 908. The van der Waals surface area contributed by atoms with E-state index in [4.69, 9.17) is 0 Å². The lowest BCUT2D eigenvalue weighted by molar-refractivity contribution is -0.0386. The lowest BCUT2D eigenvalue weighted by atomic mass is 10.2. The summed E-state index contributed by atoms with van der Waals surface area (Å²) in [5, 5.41) is 0.110. The molecule has 3 aromatic rings. The molecule has 3 rings (SSSR count). The highest BCUT2D eigenvalue weighted by molar-refractivity contribution is 7.99. The lowest BCUT2D eigenvalue weighted by Gasteiger charge is -2.05. The highest BCUT2D eigenvalue weighted by atomic mass is 32.2. The van der Waals surface area contributed by atoms with E-state index in [1.165, 1.54) is 6.07 Å². The molecule has 0 saturated carbocycles. The molecule has 0 spiro atoms. The summed E-state index contributed by atoms with van der Waals surface area (Å²) in [6.07, 6.45) is 1.65. The van der Waals surface area contributed by atoms with Crippen LogP contribution in [0.15, 0.2) is 46.5 Å². The summed E-state index contributed by atoms with van der Waals surface area (Å²) >= 11 is 1.62. The molecule has 1 N–H and O–H groups in total. The highest BCUT2D eigenvalue weighted by Crippen LogP contribution is 2.31. The van der Waals surface area contributed by atoms with Crippen LogP contribution in [0.3, 0.4) is 0 Å². The quantitative estimate of drug-likeness (QED) is 0.692. The minimum atomic E-state index is -4.83. The normalized spacial score (nSPS) is 13.3. The summed E-state index contributed by atoms with van der Waals surface area (Å²) in [4.78, 5) is 12.1. The maximum atomic E-state index is 12.6. The van der Waals surface area contributed by atoms with Crippen molar-refractivity contribution in [3.8, 4) is 11.4 Å². The fourth-order valence-electron chi connectivity index (χ4n) is 2.20. The minimum Gasteiger partial charge on any atom is -0.338 e. The van der Waals surface area contributed by atoms with Crippen LogP contribution >= 0.6 is 11.8 Å². The van der Waals surface area contributed by atoms with Gasteiger partial charge in [-0.05, 0) is 36.1 Å². The standard InChI is InChI=1S/C15H12F3N3OS2/c1-2-23-11-4-3-7-19-13(11)10-8-9-5-6-12(21-14(9)20-10)24(22)15(16,17)18/h3-8H,2H2,1H3,(H,20,21). The van der Waals surface area contributed by atoms with E-state index in [1.54, 1.807) is 24.0 Å². The van der Waals surface area contributed by atoms with Gasteiger partial charge in [-0.3, -0.25) is 4.98 Å². The monoisotopic (exact) mass is 371 g/mol. The number of nitrogens with zero attached hydrogens (tertiary/aromatic N) is 2. The molecule has 0 saturated heterocycles. The minimum absolute atomic E-state index is 0.248. The van der Waals surface area contributed by atoms with Crippen LogP contribution in [-0.2, 0) is 10.8 Å². The summed E-state index contributed by atoms with van der Waals surface area (Å²) in [5.74, 6) is 0.867. The number of rotatable bonds is 4. The molecule has 4 nitrogen and oxygen atoms in total. The number of hydrogen-bond acceptors (Lipinski definition) is 4. The van der Waals surface area contributed by atoms with Gasteiger partial charge in [-0.25, -0.2) is 9.19 Å². The van der Waals surface area contributed by atoms with Crippen molar-refractivity contribution in [2.45, 2.75) is 22.4 Å². The van der Waals surface area contributed by atoms with Crippen LogP contribution in [0.2, 0.25) is 0 Å². The molecule has 0 bridgehead atoms. The Kier molecular flexibility index (Phi) is 4.64. The van der Waals surface area contributed by atoms with Crippen LogP contribution in [0.25, 0.3) is 22.4 Å². The second kappa shape index (κ2) is 6.56.